The molecule has 1 unspecified atom stereocenters. The molecule has 1 aromatic carbocycles. The summed E-state index contributed by atoms with van der Waals surface area (Å²) >= 11 is 7.49. The van der Waals surface area contributed by atoms with Crippen molar-refractivity contribution in [2.24, 2.45) is 5.41 Å². The van der Waals surface area contributed by atoms with Crippen LogP contribution in [0.1, 0.15) is 57.7 Å². The second-order valence-corrected chi connectivity index (χ2v) is 18.7. The van der Waals surface area contributed by atoms with Gasteiger partial charge in [0.1, 0.15) is 27.0 Å². The Morgan fingerprint density at radius 3 is 2.05 bits per heavy atom. The van der Waals surface area contributed by atoms with Gasteiger partial charge in [0.15, 0.2) is 17.6 Å². The van der Waals surface area contributed by atoms with E-state index in [9.17, 15) is 18.4 Å². The zero-order valence-electron chi connectivity index (χ0n) is 32.5. The van der Waals surface area contributed by atoms with E-state index in [0.29, 0.717) is 42.3 Å². The van der Waals surface area contributed by atoms with E-state index in [2.05, 4.69) is 36.2 Å². The molecule has 0 radical (unpaired) electrons. The van der Waals surface area contributed by atoms with Crippen LogP contribution in [0.25, 0.3) is 22.5 Å². The molecule has 0 saturated carbocycles. The average Bonchev–Trinajstić information content (AvgIpc) is 3.71. The summed E-state index contributed by atoms with van der Waals surface area (Å²) in [5.74, 6) is -0.0115. The van der Waals surface area contributed by atoms with Gasteiger partial charge >= 0.3 is 12.2 Å². The van der Waals surface area contributed by atoms with Gasteiger partial charge in [-0.3, -0.25) is 0 Å². The molecule has 4 aromatic heterocycles. The van der Waals surface area contributed by atoms with Crippen molar-refractivity contribution in [2.75, 3.05) is 28.3 Å². The summed E-state index contributed by atoms with van der Waals surface area (Å²) in [6.07, 6.45) is 1.14. The number of hydrogen-bond acceptors (Lipinski definition) is 13. The first kappa shape index (κ1) is 44.3. The fourth-order valence-electron chi connectivity index (χ4n) is 4.73. The maximum Gasteiger partial charge on any atom is 0.410 e. The Kier molecular flexibility index (Phi) is 15.2. The van der Waals surface area contributed by atoms with Crippen LogP contribution >= 0.6 is 50.4 Å². The molecule has 5 aromatic rings. The van der Waals surface area contributed by atoms with Crippen molar-refractivity contribution in [3.05, 3.63) is 80.6 Å². The minimum absolute atomic E-state index is 0.274. The number of benzene rings is 1. The molecule has 0 aliphatic carbocycles. The van der Waals surface area contributed by atoms with Gasteiger partial charge in [-0.15, -0.1) is 22.7 Å². The molecule has 300 valence electrons. The Hall–Kier alpha value is -4.39. The number of halogens is 3. The number of carbonyl (C=O) groups excluding carboxylic acids is 2. The van der Waals surface area contributed by atoms with Crippen LogP contribution in [0, 0.1) is 17.3 Å². The van der Waals surface area contributed by atoms with E-state index in [-0.39, 0.29) is 12.1 Å². The van der Waals surface area contributed by atoms with Crippen LogP contribution < -0.4 is 14.8 Å². The summed E-state index contributed by atoms with van der Waals surface area (Å²) in [7, 11) is 6.27. The average molecular weight is 894 g/mol. The standard InChI is InChI=1S/C23H26FN3O4S2.C15H17BrFN3O2S/c1-23(2,3)18(31-22(28)25-4)20-27-17(14-8-7-11-26-19(14)24)21(33-20)32-13-9-10-15(29-5)16(12-13)30-6;1-15(2,3)22-14(21)20(4)8-10-19-11(12(16)23-10)9-6-5-7-18-13(9)17/h7-12,18H,1-6H3,(H,25,28);5-7H,8H2,1-4H3. The molecule has 0 saturated heterocycles. The minimum Gasteiger partial charge on any atom is -0.493 e. The fraction of sp³-hybridized carbons (Fsp3) is 0.368. The molecule has 5 rings (SSSR count). The molecule has 0 bridgehead atoms. The van der Waals surface area contributed by atoms with E-state index in [0.717, 1.165) is 9.10 Å². The molecule has 56 heavy (non-hydrogen) atoms. The van der Waals surface area contributed by atoms with E-state index >= 15 is 0 Å². The van der Waals surface area contributed by atoms with Crippen LogP contribution in [0.15, 0.2) is 67.7 Å². The molecular formula is C38H43BrF2N6O6S3. The number of aromatic nitrogens is 4. The number of hydrogen-bond donors (Lipinski definition) is 1. The third-order valence-corrected chi connectivity index (χ3v) is 11.3. The van der Waals surface area contributed by atoms with E-state index in [1.165, 1.54) is 58.8 Å². The van der Waals surface area contributed by atoms with Gasteiger partial charge in [-0.05, 0) is 79.2 Å². The van der Waals surface area contributed by atoms with E-state index in [4.69, 9.17) is 23.9 Å². The molecular weight excluding hydrogens is 851 g/mol. The number of nitrogens with one attached hydrogen (secondary N) is 1. The summed E-state index contributed by atoms with van der Waals surface area (Å²) in [6, 6.07) is 12.1. The lowest BCUT2D eigenvalue weighted by Gasteiger charge is -2.28. The number of rotatable bonds is 10. The highest BCUT2D eigenvalue weighted by atomic mass is 79.9. The lowest BCUT2D eigenvalue weighted by atomic mass is 9.89. The predicted molar refractivity (Wildman–Crippen MR) is 217 cm³/mol. The molecule has 4 heterocycles. The first-order valence-electron chi connectivity index (χ1n) is 16.9. The Labute approximate surface area is 345 Å². The molecule has 18 heteroatoms. The number of alkyl carbamates (subject to hydrolysis) is 1. The largest absolute Gasteiger partial charge is 0.493 e. The Morgan fingerprint density at radius 2 is 1.52 bits per heavy atom. The number of ether oxygens (including phenoxy) is 4. The van der Waals surface area contributed by atoms with Crippen molar-refractivity contribution in [1.82, 2.24) is 30.2 Å². The molecule has 12 nitrogen and oxygen atoms in total. The van der Waals surface area contributed by atoms with Gasteiger partial charge in [-0.1, -0.05) is 32.5 Å². The number of amides is 2. The molecule has 1 atom stereocenters. The van der Waals surface area contributed by atoms with Crippen molar-refractivity contribution in [1.29, 1.82) is 0 Å². The molecule has 0 aliphatic heterocycles. The van der Waals surface area contributed by atoms with E-state index in [1.807, 2.05) is 53.7 Å². The van der Waals surface area contributed by atoms with Crippen molar-refractivity contribution in [3.63, 3.8) is 0 Å². The highest BCUT2D eigenvalue weighted by Gasteiger charge is 2.34. The monoisotopic (exact) mass is 892 g/mol. The summed E-state index contributed by atoms with van der Waals surface area (Å²) < 4.78 is 51.5. The first-order chi connectivity index (χ1) is 26.3. The lowest BCUT2D eigenvalue weighted by molar-refractivity contribution is 0.0284. The number of carbonyl (C=O) groups is 2. The summed E-state index contributed by atoms with van der Waals surface area (Å²) in [4.78, 5) is 42.8. The fourth-order valence-corrected chi connectivity index (χ4v) is 9.02. The Morgan fingerprint density at radius 1 is 0.911 bits per heavy atom. The molecule has 2 amide bonds. The van der Waals surface area contributed by atoms with Gasteiger partial charge in [-0.2, -0.15) is 8.78 Å². The second-order valence-electron chi connectivity index (χ2n) is 14.0. The highest BCUT2D eigenvalue weighted by molar-refractivity contribution is 9.11. The number of thiazole rings is 2. The van der Waals surface area contributed by atoms with Gasteiger partial charge < -0.3 is 29.2 Å². The molecule has 0 aliphatic rings. The van der Waals surface area contributed by atoms with Gasteiger partial charge in [0.25, 0.3) is 0 Å². The maximum atomic E-state index is 14.6. The zero-order valence-corrected chi connectivity index (χ0v) is 36.6. The third-order valence-electron chi connectivity index (χ3n) is 7.35. The van der Waals surface area contributed by atoms with Crippen LogP contribution in [0.5, 0.6) is 11.5 Å². The molecule has 1 N–H and O–H groups in total. The van der Waals surface area contributed by atoms with E-state index in [1.54, 1.807) is 51.6 Å². The van der Waals surface area contributed by atoms with Crippen molar-refractivity contribution >= 4 is 62.6 Å². The summed E-state index contributed by atoms with van der Waals surface area (Å²) in [5.41, 5.74) is 0.514. The lowest BCUT2D eigenvalue weighted by Crippen LogP contribution is -2.33. The first-order valence-corrected chi connectivity index (χ1v) is 20.2. The number of nitrogens with zero attached hydrogens (tertiary/aromatic N) is 5. The van der Waals surface area contributed by atoms with E-state index < -0.39 is 41.2 Å². The second kappa shape index (κ2) is 19.2. The Balaban J connectivity index is 0.000000265. The van der Waals surface area contributed by atoms with Crippen LogP contribution in [-0.4, -0.2) is 70.9 Å². The van der Waals surface area contributed by atoms with Crippen molar-refractivity contribution in [2.45, 2.75) is 68.9 Å². The molecule has 0 spiro atoms. The van der Waals surface area contributed by atoms with Crippen molar-refractivity contribution in [3.8, 4) is 34.0 Å². The topological polar surface area (TPSA) is 138 Å². The SMILES string of the molecule is CN(Cc1nc(-c2cccnc2F)c(Br)s1)C(=O)OC(C)(C)C.CNC(=O)OC(c1nc(-c2cccnc2F)c(Sc2ccc(OC)c(OC)c2)s1)C(C)(C)C. The maximum absolute atomic E-state index is 14.6. The van der Waals surface area contributed by atoms with Gasteiger partial charge in [-0.25, -0.2) is 29.5 Å². The van der Waals surface area contributed by atoms with Gasteiger partial charge in [0.05, 0.1) is 39.9 Å². The van der Waals surface area contributed by atoms with Crippen LogP contribution in [0.4, 0.5) is 18.4 Å². The van der Waals surface area contributed by atoms with Crippen LogP contribution in [0.3, 0.4) is 0 Å². The van der Waals surface area contributed by atoms with Crippen LogP contribution in [0.2, 0.25) is 0 Å². The normalized spacial score (nSPS) is 11.9. The summed E-state index contributed by atoms with van der Waals surface area (Å²) in [6.45, 7) is 11.6. The Bertz CT molecular complexity index is 2140. The zero-order chi connectivity index (χ0) is 41.4. The predicted octanol–water partition coefficient (Wildman–Crippen LogP) is 10.4. The van der Waals surface area contributed by atoms with Crippen molar-refractivity contribution < 1.29 is 37.3 Å². The minimum atomic E-state index is -0.638. The number of pyridine rings is 2. The quantitative estimate of drug-likeness (QED) is 0.134. The highest BCUT2D eigenvalue weighted by Crippen LogP contribution is 2.47. The molecule has 0 fully saturated rings. The smallest absolute Gasteiger partial charge is 0.410 e. The third kappa shape index (κ3) is 11.8. The van der Waals surface area contributed by atoms with Gasteiger partial charge in [0, 0.05) is 36.8 Å². The summed E-state index contributed by atoms with van der Waals surface area (Å²) in [5, 5.41) is 3.71. The van der Waals surface area contributed by atoms with Gasteiger partial charge in [0.2, 0.25) is 11.9 Å². The number of methoxy groups -OCH3 is 2. The van der Waals surface area contributed by atoms with Crippen LogP contribution in [-0.2, 0) is 16.0 Å².